The lowest BCUT2D eigenvalue weighted by Gasteiger charge is -2.10. The molecular formula is C12H20N4O3S. The van der Waals surface area contributed by atoms with Gasteiger partial charge in [0.1, 0.15) is 0 Å². The molecule has 0 radical (unpaired) electrons. The van der Waals surface area contributed by atoms with Gasteiger partial charge in [-0.2, -0.15) is 5.10 Å². The molecule has 7 nitrogen and oxygen atoms in total. The number of carbonyl (C=O) groups excluding carboxylic acids is 1. The van der Waals surface area contributed by atoms with Crippen molar-refractivity contribution in [1.29, 1.82) is 0 Å². The highest BCUT2D eigenvalue weighted by Gasteiger charge is 2.29. The maximum atomic E-state index is 12.1. The van der Waals surface area contributed by atoms with Crippen LogP contribution in [0, 0.1) is 6.92 Å². The van der Waals surface area contributed by atoms with Crippen LogP contribution in [-0.4, -0.2) is 48.2 Å². The number of nitrogens with zero attached hydrogens (tertiary/aromatic N) is 2. The summed E-state index contributed by atoms with van der Waals surface area (Å²) in [7, 11) is -2.99. The average Bonchev–Trinajstić information content (AvgIpc) is 2.90. The van der Waals surface area contributed by atoms with Gasteiger partial charge in [-0.15, -0.1) is 0 Å². The van der Waals surface area contributed by atoms with Crippen LogP contribution < -0.4 is 11.1 Å². The van der Waals surface area contributed by atoms with Crippen molar-refractivity contribution in [2.75, 3.05) is 18.1 Å². The number of carbonyl (C=O) groups is 1. The van der Waals surface area contributed by atoms with Crippen molar-refractivity contribution in [1.82, 2.24) is 15.1 Å². The Labute approximate surface area is 118 Å². The molecule has 1 aromatic rings. The highest BCUT2D eigenvalue weighted by molar-refractivity contribution is 7.91. The summed E-state index contributed by atoms with van der Waals surface area (Å²) in [6.45, 7) is 3.07. The van der Waals surface area contributed by atoms with Crippen LogP contribution in [0.1, 0.15) is 28.9 Å². The molecule has 112 valence electrons. The van der Waals surface area contributed by atoms with Crippen LogP contribution in [-0.2, 0) is 16.4 Å². The third kappa shape index (κ3) is 3.37. The van der Waals surface area contributed by atoms with Gasteiger partial charge in [-0.3, -0.25) is 9.48 Å². The lowest BCUT2D eigenvalue weighted by molar-refractivity contribution is 0.0940. The third-order valence-corrected chi connectivity index (χ3v) is 5.26. The molecule has 0 saturated carbocycles. The molecule has 0 spiro atoms. The Morgan fingerprint density at radius 2 is 2.35 bits per heavy atom. The summed E-state index contributed by atoms with van der Waals surface area (Å²) < 4.78 is 24.5. The maximum Gasteiger partial charge on any atom is 0.254 e. The molecule has 1 aromatic heterocycles. The molecule has 1 saturated heterocycles. The Morgan fingerprint density at radius 1 is 1.60 bits per heavy atom. The minimum absolute atomic E-state index is 0.0269. The van der Waals surface area contributed by atoms with Crippen molar-refractivity contribution in [3.63, 3.8) is 0 Å². The second-order valence-electron chi connectivity index (χ2n) is 5.08. The first-order valence-electron chi connectivity index (χ1n) is 6.66. The van der Waals surface area contributed by atoms with Crippen molar-refractivity contribution < 1.29 is 13.2 Å². The standard InChI is InChI=1S/C12H20N4O3S/c1-9-11(7-14-16(9)5-2-4-13)12(17)15-10-3-6-20(18,19)8-10/h7,10H,2-6,8,13H2,1H3,(H,15,17). The zero-order chi connectivity index (χ0) is 14.8. The van der Waals surface area contributed by atoms with Gasteiger partial charge in [-0.25, -0.2) is 8.42 Å². The van der Waals surface area contributed by atoms with Gasteiger partial charge in [0.25, 0.3) is 5.91 Å². The van der Waals surface area contributed by atoms with Gasteiger partial charge in [-0.05, 0) is 26.3 Å². The molecule has 1 amide bonds. The number of aromatic nitrogens is 2. The SMILES string of the molecule is Cc1c(C(=O)NC2CCS(=O)(=O)C2)cnn1CCCN. The van der Waals surface area contributed by atoms with Crippen molar-refractivity contribution in [3.8, 4) is 0 Å². The minimum Gasteiger partial charge on any atom is -0.348 e. The van der Waals surface area contributed by atoms with Crippen LogP contribution in [0.4, 0.5) is 0 Å². The Bertz CT molecular complexity index is 594. The monoisotopic (exact) mass is 300 g/mol. The number of sulfone groups is 1. The summed E-state index contributed by atoms with van der Waals surface area (Å²) in [6, 6.07) is -0.292. The van der Waals surface area contributed by atoms with Crippen molar-refractivity contribution in [2.24, 2.45) is 5.73 Å². The smallest absolute Gasteiger partial charge is 0.254 e. The molecule has 3 N–H and O–H groups in total. The molecule has 2 rings (SSSR count). The Hall–Kier alpha value is -1.41. The first kappa shape index (κ1) is 15.0. The zero-order valence-electron chi connectivity index (χ0n) is 11.5. The molecule has 1 fully saturated rings. The summed E-state index contributed by atoms with van der Waals surface area (Å²) in [6.07, 6.45) is 2.80. The van der Waals surface area contributed by atoms with Crippen molar-refractivity contribution in [2.45, 2.75) is 32.4 Å². The molecule has 0 bridgehead atoms. The molecule has 0 aliphatic carbocycles. The quantitative estimate of drug-likeness (QED) is 0.759. The van der Waals surface area contributed by atoms with Gasteiger partial charge in [0.2, 0.25) is 0 Å². The van der Waals surface area contributed by atoms with E-state index in [2.05, 4.69) is 10.4 Å². The zero-order valence-corrected chi connectivity index (χ0v) is 12.3. The fraction of sp³-hybridized carbons (Fsp3) is 0.667. The number of nitrogens with two attached hydrogens (primary N) is 1. The highest BCUT2D eigenvalue weighted by atomic mass is 32.2. The highest BCUT2D eigenvalue weighted by Crippen LogP contribution is 2.13. The summed E-state index contributed by atoms with van der Waals surface area (Å²) in [4.78, 5) is 12.1. The van der Waals surface area contributed by atoms with Gasteiger partial charge in [0.05, 0.1) is 23.3 Å². The molecule has 1 aliphatic heterocycles. The predicted octanol–water partition coefficient (Wildman–Crippen LogP) is -0.543. The number of amides is 1. The third-order valence-electron chi connectivity index (χ3n) is 3.49. The maximum absolute atomic E-state index is 12.1. The molecule has 0 aromatic carbocycles. The van der Waals surface area contributed by atoms with Gasteiger partial charge in [0.15, 0.2) is 9.84 Å². The summed E-state index contributed by atoms with van der Waals surface area (Å²) >= 11 is 0. The van der Waals surface area contributed by atoms with E-state index in [1.807, 2.05) is 6.92 Å². The van der Waals surface area contributed by atoms with E-state index < -0.39 is 9.84 Å². The Morgan fingerprint density at radius 3 is 2.95 bits per heavy atom. The lowest BCUT2D eigenvalue weighted by atomic mass is 10.2. The number of nitrogens with one attached hydrogen (secondary N) is 1. The van der Waals surface area contributed by atoms with E-state index in [4.69, 9.17) is 5.73 Å². The molecule has 20 heavy (non-hydrogen) atoms. The molecule has 8 heteroatoms. The minimum atomic E-state index is -2.99. The second kappa shape index (κ2) is 5.92. The Balaban J connectivity index is 2.01. The van der Waals surface area contributed by atoms with Crippen LogP contribution in [0.25, 0.3) is 0 Å². The fourth-order valence-corrected chi connectivity index (χ4v) is 3.98. The van der Waals surface area contributed by atoms with Gasteiger partial charge in [-0.1, -0.05) is 0 Å². The fourth-order valence-electron chi connectivity index (χ4n) is 2.31. The lowest BCUT2D eigenvalue weighted by Crippen LogP contribution is -2.35. The first-order valence-corrected chi connectivity index (χ1v) is 8.49. The van der Waals surface area contributed by atoms with Gasteiger partial charge < -0.3 is 11.1 Å². The predicted molar refractivity (Wildman–Crippen MR) is 75.2 cm³/mol. The van der Waals surface area contributed by atoms with Crippen molar-refractivity contribution in [3.05, 3.63) is 17.5 Å². The number of hydrogen-bond acceptors (Lipinski definition) is 5. The summed E-state index contributed by atoms with van der Waals surface area (Å²) in [5.74, 6) is -0.0881. The van der Waals surface area contributed by atoms with Crippen LogP contribution in [0.2, 0.25) is 0 Å². The average molecular weight is 300 g/mol. The first-order chi connectivity index (χ1) is 9.43. The van der Waals surface area contributed by atoms with Crippen LogP contribution in [0.5, 0.6) is 0 Å². The van der Waals surface area contributed by atoms with E-state index in [1.54, 1.807) is 4.68 Å². The topological polar surface area (TPSA) is 107 Å². The number of aryl methyl sites for hydroxylation is 1. The van der Waals surface area contributed by atoms with E-state index in [0.717, 1.165) is 12.1 Å². The van der Waals surface area contributed by atoms with Crippen LogP contribution in [0.3, 0.4) is 0 Å². The van der Waals surface area contributed by atoms with E-state index in [-0.39, 0.29) is 23.5 Å². The normalized spacial score (nSPS) is 21.0. The Kier molecular flexibility index (Phi) is 4.44. The molecule has 1 atom stereocenters. The number of rotatable bonds is 5. The second-order valence-corrected chi connectivity index (χ2v) is 7.31. The van der Waals surface area contributed by atoms with E-state index in [0.29, 0.717) is 25.1 Å². The van der Waals surface area contributed by atoms with Crippen LogP contribution >= 0.6 is 0 Å². The van der Waals surface area contributed by atoms with Gasteiger partial charge >= 0.3 is 0 Å². The largest absolute Gasteiger partial charge is 0.348 e. The van der Waals surface area contributed by atoms with E-state index in [9.17, 15) is 13.2 Å². The molecule has 1 aliphatic rings. The molecule has 1 unspecified atom stereocenters. The summed E-state index contributed by atoms with van der Waals surface area (Å²) in [5, 5.41) is 6.92. The number of hydrogen-bond donors (Lipinski definition) is 2. The van der Waals surface area contributed by atoms with E-state index in [1.165, 1.54) is 6.20 Å². The molecular weight excluding hydrogens is 280 g/mol. The summed E-state index contributed by atoms with van der Waals surface area (Å²) in [5.41, 5.74) is 6.72. The van der Waals surface area contributed by atoms with Crippen LogP contribution in [0.15, 0.2) is 6.20 Å². The van der Waals surface area contributed by atoms with Gasteiger partial charge in [0, 0.05) is 18.3 Å². The van der Waals surface area contributed by atoms with E-state index >= 15 is 0 Å². The van der Waals surface area contributed by atoms with Crippen molar-refractivity contribution >= 4 is 15.7 Å². The molecule has 2 heterocycles.